The number of nitrogens with zero attached hydrogens (tertiary/aromatic N) is 3. The molecule has 0 bridgehead atoms. The summed E-state index contributed by atoms with van der Waals surface area (Å²) in [5, 5.41) is 15.3. The Morgan fingerprint density at radius 2 is 1.92 bits per heavy atom. The second-order valence-electron chi connectivity index (χ2n) is 10.5. The Balaban J connectivity index is 1.42. The number of amides is 1. The highest BCUT2D eigenvalue weighted by atomic mass is 35.5. The van der Waals surface area contributed by atoms with Gasteiger partial charge in [-0.15, -0.1) is 5.10 Å². The van der Waals surface area contributed by atoms with Crippen LogP contribution in [0.25, 0.3) is 5.69 Å². The van der Waals surface area contributed by atoms with E-state index < -0.39 is 5.92 Å². The summed E-state index contributed by atoms with van der Waals surface area (Å²) >= 11 is 6.63. The van der Waals surface area contributed by atoms with Crippen molar-refractivity contribution < 1.29 is 14.3 Å². The summed E-state index contributed by atoms with van der Waals surface area (Å²) in [4.78, 5) is 27.1. The lowest BCUT2D eigenvalue weighted by molar-refractivity contribution is -0.118. The standard InChI is InChI=1S/C29H30ClN5O3/c1-17-25(28(37)31-15-18-16-35(34-33-18)19-9-11-20(38-4)12-10-19)26(21-7-5-6-8-22(21)30)27-23(32-17)13-29(2,3)14-24(27)36/h5-12,16,26,32H,13-15H2,1-4H3,(H,31,37). The SMILES string of the molecule is COc1ccc(-n2cc(CNC(=O)C3=C(C)NC4=C(C(=O)CC(C)(C)C4)C3c3ccccc3Cl)nn2)cc1. The molecule has 2 heterocycles. The molecule has 1 amide bonds. The van der Waals surface area contributed by atoms with Gasteiger partial charge in [0.2, 0.25) is 5.91 Å². The number of ketones is 1. The van der Waals surface area contributed by atoms with Gasteiger partial charge in [0.05, 0.1) is 25.5 Å². The summed E-state index contributed by atoms with van der Waals surface area (Å²) in [5.74, 6) is -0.0621. The molecule has 0 radical (unpaired) electrons. The molecular weight excluding hydrogens is 502 g/mol. The fourth-order valence-electron chi connectivity index (χ4n) is 5.26. The van der Waals surface area contributed by atoms with Gasteiger partial charge in [-0.1, -0.05) is 48.9 Å². The molecule has 5 rings (SSSR count). The van der Waals surface area contributed by atoms with Gasteiger partial charge in [0.15, 0.2) is 5.78 Å². The van der Waals surface area contributed by atoms with Gasteiger partial charge < -0.3 is 15.4 Å². The van der Waals surface area contributed by atoms with E-state index in [-0.39, 0.29) is 23.7 Å². The van der Waals surface area contributed by atoms with Crippen LogP contribution in [0.5, 0.6) is 5.75 Å². The summed E-state index contributed by atoms with van der Waals surface area (Å²) in [7, 11) is 1.61. The molecule has 8 nitrogen and oxygen atoms in total. The molecule has 0 spiro atoms. The zero-order chi connectivity index (χ0) is 27.0. The first-order valence-corrected chi connectivity index (χ1v) is 12.9. The number of nitrogens with one attached hydrogen (secondary N) is 2. The van der Waals surface area contributed by atoms with Gasteiger partial charge >= 0.3 is 0 Å². The van der Waals surface area contributed by atoms with Crippen LogP contribution in [-0.4, -0.2) is 33.8 Å². The first kappa shape index (κ1) is 25.7. The van der Waals surface area contributed by atoms with Crippen LogP contribution in [0, 0.1) is 5.41 Å². The second kappa shape index (κ2) is 10.1. The number of rotatable bonds is 6. The molecule has 1 aromatic heterocycles. The number of hydrogen-bond acceptors (Lipinski definition) is 6. The van der Waals surface area contributed by atoms with Crippen molar-refractivity contribution in [2.24, 2.45) is 5.41 Å². The van der Waals surface area contributed by atoms with Crippen LogP contribution >= 0.6 is 11.6 Å². The molecule has 1 aliphatic carbocycles. The molecule has 196 valence electrons. The summed E-state index contributed by atoms with van der Waals surface area (Å²) in [6.45, 7) is 6.21. The fourth-order valence-corrected chi connectivity index (χ4v) is 5.51. The molecule has 2 N–H and O–H groups in total. The number of dihydropyridines is 1. The van der Waals surface area contributed by atoms with Crippen molar-refractivity contribution in [2.45, 2.75) is 46.1 Å². The molecule has 2 aliphatic rings. The first-order valence-electron chi connectivity index (χ1n) is 12.5. The molecular formula is C29H30ClN5O3. The normalized spacial score (nSPS) is 18.7. The van der Waals surface area contributed by atoms with Crippen molar-refractivity contribution >= 4 is 23.3 Å². The minimum Gasteiger partial charge on any atom is -0.497 e. The van der Waals surface area contributed by atoms with Crippen LogP contribution in [0.15, 0.2) is 77.3 Å². The zero-order valence-electron chi connectivity index (χ0n) is 21.8. The van der Waals surface area contributed by atoms with E-state index in [1.165, 1.54) is 0 Å². The highest BCUT2D eigenvalue weighted by Crippen LogP contribution is 2.47. The summed E-state index contributed by atoms with van der Waals surface area (Å²) in [5.41, 5.74) is 4.68. The number of halogens is 1. The third kappa shape index (κ3) is 4.96. The van der Waals surface area contributed by atoms with Crippen molar-refractivity contribution in [3.05, 3.63) is 93.5 Å². The Hall–Kier alpha value is -3.91. The fraction of sp³-hybridized carbons (Fsp3) is 0.310. The average molecular weight is 532 g/mol. The van der Waals surface area contributed by atoms with Gasteiger partial charge in [-0.3, -0.25) is 9.59 Å². The molecule has 38 heavy (non-hydrogen) atoms. The lowest BCUT2D eigenvalue weighted by atomic mass is 9.68. The molecule has 1 unspecified atom stereocenters. The van der Waals surface area contributed by atoms with E-state index in [9.17, 15) is 9.59 Å². The molecule has 2 aromatic carbocycles. The molecule has 1 aliphatic heterocycles. The van der Waals surface area contributed by atoms with E-state index in [0.717, 1.165) is 29.1 Å². The highest BCUT2D eigenvalue weighted by molar-refractivity contribution is 6.31. The molecule has 0 saturated carbocycles. The van der Waals surface area contributed by atoms with Gasteiger partial charge in [-0.25, -0.2) is 4.68 Å². The van der Waals surface area contributed by atoms with E-state index in [2.05, 4.69) is 34.8 Å². The van der Waals surface area contributed by atoms with E-state index in [1.54, 1.807) is 24.1 Å². The van der Waals surface area contributed by atoms with Crippen molar-refractivity contribution in [1.82, 2.24) is 25.6 Å². The Bertz CT molecular complexity index is 1470. The maximum Gasteiger partial charge on any atom is 0.250 e. The van der Waals surface area contributed by atoms with Gasteiger partial charge in [0, 0.05) is 39.9 Å². The van der Waals surface area contributed by atoms with Crippen LogP contribution < -0.4 is 15.4 Å². The Morgan fingerprint density at radius 1 is 1.18 bits per heavy atom. The minimum atomic E-state index is -0.557. The molecule has 0 saturated heterocycles. The van der Waals surface area contributed by atoms with Crippen LogP contribution in [0.2, 0.25) is 5.02 Å². The minimum absolute atomic E-state index is 0.0360. The summed E-state index contributed by atoms with van der Waals surface area (Å²) < 4.78 is 6.84. The average Bonchev–Trinajstić information content (AvgIpc) is 3.35. The van der Waals surface area contributed by atoms with Gasteiger partial charge in [0.1, 0.15) is 11.4 Å². The summed E-state index contributed by atoms with van der Waals surface area (Å²) in [6, 6.07) is 14.8. The quantitative estimate of drug-likeness (QED) is 0.472. The lowest BCUT2D eigenvalue weighted by Gasteiger charge is -2.39. The van der Waals surface area contributed by atoms with Crippen LogP contribution in [-0.2, 0) is 16.1 Å². The van der Waals surface area contributed by atoms with Crippen molar-refractivity contribution in [1.29, 1.82) is 0 Å². The maximum absolute atomic E-state index is 13.7. The number of aromatic nitrogens is 3. The Morgan fingerprint density at radius 3 is 2.63 bits per heavy atom. The predicted molar refractivity (Wildman–Crippen MR) is 145 cm³/mol. The maximum atomic E-state index is 13.7. The summed E-state index contributed by atoms with van der Waals surface area (Å²) in [6.07, 6.45) is 2.90. The molecule has 9 heteroatoms. The molecule has 0 fully saturated rings. The molecule has 3 aromatic rings. The number of Topliss-reactive ketones (excluding diaryl/α,β-unsaturated/α-hetero) is 1. The van der Waals surface area contributed by atoms with E-state index in [4.69, 9.17) is 16.3 Å². The van der Waals surface area contributed by atoms with E-state index >= 15 is 0 Å². The smallest absolute Gasteiger partial charge is 0.250 e. The third-order valence-corrected chi connectivity index (χ3v) is 7.35. The van der Waals surface area contributed by atoms with Gasteiger partial charge in [-0.05, 0) is 54.7 Å². The molecule has 1 atom stereocenters. The van der Waals surface area contributed by atoms with E-state index in [0.29, 0.717) is 34.0 Å². The number of allylic oxidation sites excluding steroid dienone is 3. The lowest BCUT2D eigenvalue weighted by Crippen LogP contribution is -2.40. The van der Waals surface area contributed by atoms with E-state index in [1.807, 2.05) is 49.4 Å². The van der Waals surface area contributed by atoms with Crippen molar-refractivity contribution in [2.75, 3.05) is 7.11 Å². The Kier molecular flexibility index (Phi) is 6.84. The van der Waals surface area contributed by atoms with Gasteiger partial charge in [-0.2, -0.15) is 0 Å². The number of hydrogen-bond donors (Lipinski definition) is 2. The topological polar surface area (TPSA) is 98.1 Å². The van der Waals surface area contributed by atoms with Crippen LogP contribution in [0.3, 0.4) is 0 Å². The van der Waals surface area contributed by atoms with Crippen LogP contribution in [0.4, 0.5) is 0 Å². The third-order valence-electron chi connectivity index (χ3n) is 7.01. The number of ether oxygens (including phenoxy) is 1. The number of carbonyl (C=O) groups excluding carboxylic acids is 2. The van der Waals surface area contributed by atoms with Crippen molar-refractivity contribution in [3.8, 4) is 11.4 Å². The van der Waals surface area contributed by atoms with Crippen LogP contribution in [0.1, 0.15) is 50.8 Å². The first-order chi connectivity index (χ1) is 18.2. The monoisotopic (exact) mass is 531 g/mol. The predicted octanol–water partition coefficient (Wildman–Crippen LogP) is 4.85. The zero-order valence-corrected chi connectivity index (χ0v) is 22.6. The number of carbonyl (C=O) groups is 2. The van der Waals surface area contributed by atoms with Gasteiger partial charge in [0.25, 0.3) is 0 Å². The highest BCUT2D eigenvalue weighted by Gasteiger charge is 2.43. The Labute approximate surface area is 226 Å². The number of benzene rings is 2. The van der Waals surface area contributed by atoms with Crippen molar-refractivity contribution in [3.63, 3.8) is 0 Å². The number of methoxy groups -OCH3 is 1. The largest absolute Gasteiger partial charge is 0.497 e. The second-order valence-corrected chi connectivity index (χ2v) is 10.9.